The zero-order valence-corrected chi connectivity index (χ0v) is 10.5. The molecule has 0 saturated carbocycles. The lowest BCUT2D eigenvalue weighted by Crippen LogP contribution is -2.50. The molecule has 0 aromatic carbocycles. The van der Waals surface area contributed by atoms with Crippen molar-refractivity contribution in [1.29, 1.82) is 0 Å². The van der Waals surface area contributed by atoms with Gasteiger partial charge in [-0.25, -0.2) is 4.79 Å². The molecule has 0 spiro atoms. The van der Waals surface area contributed by atoms with Gasteiger partial charge in [-0.3, -0.25) is 4.90 Å². The van der Waals surface area contributed by atoms with Crippen molar-refractivity contribution in [3.05, 3.63) is 0 Å². The molecule has 6 heteroatoms. The van der Waals surface area contributed by atoms with Crippen LogP contribution in [0.25, 0.3) is 0 Å². The van der Waals surface area contributed by atoms with Gasteiger partial charge >= 0.3 is 5.97 Å². The van der Waals surface area contributed by atoms with Crippen molar-refractivity contribution in [2.75, 3.05) is 39.4 Å². The quantitative estimate of drug-likeness (QED) is 0.565. The van der Waals surface area contributed by atoms with E-state index in [0.717, 1.165) is 32.8 Å². The fourth-order valence-electron chi connectivity index (χ4n) is 1.68. The third-order valence-electron chi connectivity index (χ3n) is 2.89. The van der Waals surface area contributed by atoms with Crippen LogP contribution in [0.1, 0.15) is 13.8 Å². The van der Waals surface area contributed by atoms with Gasteiger partial charge < -0.3 is 20.3 Å². The average Bonchev–Trinajstić information content (AvgIpc) is 2.28. The minimum Gasteiger partial charge on any atom is -0.479 e. The Hall–Kier alpha value is -0.690. The summed E-state index contributed by atoms with van der Waals surface area (Å²) >= 11 is 0. The van der Waals surface area contributed by atoms with E-state index in [1.54, 1.807) is 0 Å². The molecule has 2 atom stereocenters. The summed E-state index contributed by atoms with van der Waals surface area (Å²) in [7, 11) is 0. The maximum Gasteiger partial charge on any atom is 0.336 e. The number of aliphatic hydroxyl groups is 1. The van der Waals surface area contributed by atoms with Crippen molar-refractivity contribution < 1.29 is 19.7 Å². The van der Waals surface area contributed by atoms with Crippen LogP contribution in [0.15, 0.2) is 0 Å². The maximum atomic E-state index is 10.7. The number of nitrogens with one attached hydrogen (secondary N) is 1. The van der Waals surface area contributed by atoms with Crippen LogP contribution in [0.4, 0.5) is 0 Å². The molecule has 0 aromatic heterocycles. The van der Waals surface area contributed by atoms with E-state index in [4.69, 9.17) is 9.84 Å². The molecule has 0 amide bonds. The first-order chi connectivity index (χ1) is 7.92. The van der Waals surface area contributed by atoms with Gasteiger partial charge in [-0.05, 0) is 13.8 Å². The van der Waals surface area contributed by atoms with Crippen LogP contribution in [-0.2, 0) is 9.53 Å². The molecule has 1 fully saturated rings. The van der Waals surface area contributed by atoms with Gasteiger partial charge in [-0.1, -0.05) is 0 Å². The SMILES string of the molecule is CC(CN1CCOCC1)NCC(C)(O)C(=O)O. The lowest BCUT2D eigenvalue weighted by atomic mass is 10.1. The highest BCUT2D eigenvalue weighted by atomic mass is 16.5. The van der Waals surface area contributed by atoms with Gasteiger partial charge in [0, 0.05) is 32.2 Å². The second-order valence-electron chi connectivity index (χ2n) is 4.77. The number of hydrogen-bond donors (Lipinski definition) is 3. The fraction of sp³-hybridized carbons (Fsp3) is 0.909. The second-order valence-corrected chi connectivity index (χ2v) is 4.77. The molecular weight excluding hydrogens is 224 g/mol. The molecule has 3 N–H and O–H groups in total. The van der Waals surface area contributed by atoms with E-state index in [1.165, 1.54) is 6.92 Å². The second kappa shape index (κ2) is 6.30. The molecule has 1 saturated heterocycles. The number of carbonyl (C=O) groups is 1. The molecule has 1 aliphatic heterocycles. The Bertz CT molecular complexity index is 252. The van der Waals surface area contributed by atoms with Gasteiger partial charge in [-0.15, -0.1) is 0 Å². The van der Waals surface area contributed by atoms with Crippen LogP contribution in [-0.4, -0.2) is 72.1 Å². The molecule has 6 nitrogen and oxygen atoms in total. The van der Waals surface area contributed by atoms with E-state index in [0.29, 0.717) is 0 Å². The van der Waals surface area contributed by atoms with Gasteiger partial charge in [0.05, 0.1) is 13.2 Å². The molecule has 0 radical (unpaired) electrons. The van der Waals surface area contributed by atoms with E-state index in [9.17, 15) is 9.90 Å². The Kier molecular flexibility index (Phi) is 5.32. The number of carboxylic acid groups (broad SMARTS) is 1. The summed E-state index contributed by atoms with van der Waals surface area (Å²) in [5, 5.41) is 21.3. The van der Waals surface area contributed by atoms with Crippen molar-refractivity contribution in [1.82, 2.24) is 10.2 Å². The smallest absolute Gasteiger partial charge is 0.336 e. The van der Waals surface area contributed by atoms with Gasteiger partial charge in [0.25, 0.3) is 0 Å². The summed E-state index contributed by atoms with van der Waals surface area (Å²) in [6.07, 6.45) is 0. The number of morpholine rings is 1. The van der Waals surface area contributed by atoms with Crippen LogP contribution in [0.3, 0.4) is 0 Å². The Balaban J connectivity index is 2.24. The number of aliphatic carboxylic acids is 1. The topological polar surface area (TPSA) is 82.0 Å². The fourth-order valence-corrected chi connectivity index (χ4v) is 1.68. The highest BCUT2D eigenvalue weighted by Crippen LogP contribution is 2.03. The molecule has 1 heterocycles. The normalized spacial score (nSPS) is 23.0. The van der Waals surface area contributed by atoms with Crippen molar-refractivity contribution in [2.24, 2.45) is 0 Å². The highest BCUT2D eigenvalue weighted by molar-refractivity contribution is 5.76. The molecule has 17 heavy (non-hydrogen) atoms. The summed E-state index contributed by atoms with van der Waals surface area (Å²) in [6.45, 7) is 7.46. The largest absolute Gasteiger partial charge is 0.479 e. The van der Waals surface area contributed by atoms with Crippen molar-refractivity contribution >= 4 is 5.97 Å². The maximum absolute atomic E-state index is 10.7. The predicted molar refractivity (Wildman–Crippen MR) is 63.0 cm³/mol. The number of hydrogen-bond acceptors (Lipinski definition) is 5. The molecule has 0 bridgehead atoms. The van der Waals surface area contributed by atoms with Crippen LogP contribution >= 0.6 is 0 Å². The Morgan fingerprint density at radius 1 is 1.53 bits per heavy atom. The Morgan fingerprint density at radius 3 is 2.65 bits per heavy atom. The zero-order valence-electron chi connectivity index (χ0n) is 10.5. The van der Waals surface area contributed by atoms with Crippen molar-refractivity contribution in [3.8, 4) is 0 Å². The molecular formula is C11H22N2O4. The summed E-state index contributed by atoms with van der Waals surface area (Å²) in [5.41, 5.74) is -1.71. The molecule has 1 rings (SSSR count). The standard InChI is InChI=1S/C11H22N2O4/c1-9(7-13-3-5-17-6-4-13)12-8-11(2,16)10(14)15/h9,12,16H,3-8H2,1-2H3,(H,14,15). The molecule has 1 aliphatic rings. The van der Waals surface area contributed by atoms with Crippen LogP contribution < -0.4 is 5.32 Å². The van der Waals surface area contributed by atoms with E-state index >= 15 is 0 Å². The van der Waals surface area contributed by atoms with E-state index in [2.05, 4.69) is 10.2 Å². The van der Waals surface area contributed by atoms with E-state index < -0.39 is 11.6 Å². The summed E-state index contributed by atoms with van der Waals surface area (Å²) < 4.78 is 5.25. The van der Waals surface area contributed by atoms with Crippen LogP contribution in [0, 0.1) is 0 Å². The lowest BCUT2D eigenvalue weighted by molar-refractivity contribution is -0.156. The minimum atomic E-state index is -1.71. The van der Waals surface area contributed by atoms with Crippen LogP contribution in [0.5, 0.6) is 0 Å². The first kappa shape index (κ1) is 14.4. The number of ether oxygens (including phenoxy) is 1. The highest BCUT2D eigenvalue weighted by Gasteiger charge is 2.30. The Morgan fingerprint density at radius 2 is 2.12 bits per heavy atom. The van der Waals surface area contributed by atoms with E-state index in [1.807, 2.05) is 6.92 Å². The van der Waals surface area contributed by atoms with Gasteiger partial charge in [-0.2, -0.15) is 0 Å². The van der Waals surface area contributed by atoms with Crippen molar-refractivity contribution in [3.63, 3.8) is 0 Å². The molecule has 0 aliphatic carbocycles. The number of carboxylic acids is 1. The summed E-state index contributed by atoms with van der Waals surface area (Å²) in [5.74, 6) is -1.21. The predicted octanol–water partition coefficient (Wildman–Crippen LogP) is -0.868. The van der Waals surface area contributed by atoms with Gasteiger partial charge in [0.1, 0.15) is 0 Å². The molecule has 0 aromatic rings. The zero-order chi connectivity index (χ0) is 12.9. The van der Waals surface area contributed by atoms with Gasteiger partial charge in [0.2, 0.25) is 0 Å². The number of nitrogens with zero attached hydrogens (tertiary/aromatic N) is 1. The lowest BCUT2D eigenvalue weighted by Gasteiger charge is -2.30. The van der Waals surface area contributed by atoms with Gasteiger partial charge in [0.15, 0.2) is 5.60 Å². The third kappa shape index (κ3) is 4.99. The van der Waals surface area contributed by atoms with Crippen molar-refractivity contribution in [2.45, 2.75) is 25.5 Å². The first-order valence-corrected chi connectivity index (χ1v) is 5.91. The Labute approximate surface area is 102 Å². The van der Waals surface area contributed by atoms with Crippen LogP contribution in [0.2, 0.25) is 0 Å². The minimum absolute atomic E-state index is 0.0494. The summed E-state index contributed by atoms with van der Waals surface area (Å²) in [4.78, 5) is 13.0. The monoisotopic (exact) mass is 246 g/mol. The molecule has 100 valence electrons. The number of rotatable bonds is 6. The first-order valence-electron chi connectivity index (χ1n) is 5.91. The van der Waals surface area contributed by atoms with E-state index in [-0.39, 0.29) is 12.6 Å². The third-order valence-corrected chi connectivity index (χ3v) is 2.89. The summed E-state index contributed by atoms with van der Waals surface area (Å²) in [6, 6.07) is 0.138. The molecule has 2 unspecified atom stereocenters. The average molecular weight is 246 g/mol.